The van der Waals surface area contributed by atoms with E-state index in [-0.39, 0.29) is 18.6 Å². The van der Waals surface area contributed by atoms with Crippen LogP contribution in [0.3, 0.4) is 0 Å². The average Bonchev–Trinajstić information content (AvgIpc) is 3.26. The molecule has 5 rings (SSSR count). The Labute approximate surface area is 152 Å². The Balaban J connectivity index is 1.47. The number of nitrogens with two attached hydrogens (primary N) is 1. The van der Waals surface area contributed by atoms with Crippen molar-refractivity contribution in [3.8, 4) is 11.5 Å². The summed E-state index contributed by atoms with van der Waals surface area (Å²) in [6, 6.07) is 14.3. The third kappa shape index (κ3) is 2.23. The van der Waals surface area contributed by atoms with Crippen molar-refractivity contribution in [2.75, 3.05) is 19.9 Å². The minimum Gasteiger partial charge on any atom is -0.454 e. The number of carbonyl (C=O) groups is 1. The molecule has 0 unspecified atom stereocenters. The summed E-state index contributed by atoms with van der Waals surface area (Å²) in [7, 11) is 0. The molecule has 1 fully saturated rings. The highest BCUT2D eigenvalue weighted by molar-refractivity contribution is 5.92. The summed E-state index contributed by atoms with van der Waals surface area (Å²) in [5, 5.41) is 0. The predicted molar refractivity (Wildman–Crippen MR) is 97.0 cm³/mol. The summed E-state index contributed by atoms with van der Waals surface area (Å²) in [6.07, 6.45) is 1.71. The lowest BCUT2D eigenvalue weighted by Gasteiger charge is -2.33. The van der Waals surface area contributed by atoms with E-state index in [1.165, 1.54) is 11.1 Å². The van der Waals surface area contributed by atoms with Crippen LogP contribution >= 0.6 is 0 Å². The maximum atomic E-state index is 13.6. The van der Waals surface area contributed by atoms with Crippen molar-refractivity contribution < 1.29 is 14.3 Å². The normalized spacial score (nSPS) is 25.7. The van der Waals surface area contributed by atoms with E-state index >= 15 is 0 Å². The van der Waals surface area contributed by atoms with Gasteiger partial charge in [-0.15, -0.1) is 0 Å². The van der Waals surface area contributed by atoms with E-state index in [4.69, 9.17) is 15.2 Å². The monoisotopic (exact) mass is 350 g/mol. The van der Waals surface area contributed by atoms with E-state index in [1.54, 1.807) is 0 Å². The molecule has 2 aromatic rings. The highest BCUT2D eigenvalue weighted by Gasteiger charge is 2.61. The van der Waals surface area contributed by atoms with Crippen molar-refractivity contribution in [2.45, 2.75) is 24.8 Å². The number of ether oxygens (including phenoxy) is 2. The Morgan fingerprint density at radius 1 is 1.15 bits per heavy atom. The summed E-state index contributed by atoms with van der Waals surface area (Å²) in [4.78, 5) is 15.6. The van der Waals surface area contributed by atoms with Gasteiger partial charge < -0.3 is 20.1 Å². The van der Waals surface area contributed by atoms with Gasteiger partial charge in [-0.3, -0.25) is 4.79 Å². The van der Waals surface area contributed by atoms with Gasteiger partial charge in [0.15, 0.2) is 11.5 Å². The summed E-state index contributed by atoms with van der Waals surface area (Å²) in [5.74, 6) is 1.85. The Kier molecular flexibility index (Phi) is 3.47. The van der Waals surface area contributed by atoms with Crippen LogP contribution in [0.4, 0.5) is 0 Å². The molecule has 5 nitrogen and oxygen atoms in total. The second-order valence-corrected chi connectivity index (χ2v) is 7.42. The van der Waals surface area contributed by atoms with Crippen LogP contribution in [0.15, 0.2) is 42.5 Å². The van der Waals surface area contributed by atoms with Gasteiger partial charge in [0, 0.05) is 13.1 Å². The second-order valence-electron chi connectivity index (χ2n) is 7.42. The van der Waals surface area contributed by atoms with E-state index < -0.39 is 5.41 Å². The Morgan fingerprint density at radius 2 is 1.96 bits per heavy atom. The van der Waals surface area contributed by atoms with Crippen LogP contribution in [0.5, 0.6) is 11.5 Å². The van der Waals surface area contributed by atoms with E-state index in [2.05, 4.69) is 18.2 Å². The van der Waals surface area contributed by atoms with Crippen molar-refractivity contribution in [3.05, 3.63) is 59.2 Å². The molecule has 134 valence electrons. The van der Waals surface area contributed by atoms with Crippen LogP contribution in [0.25, 0.3) is 0 Å². The van der Waals surface area contributed by atoms with Gasteiger partial charge in [-0.25, -0.2) is 0 Å². The van der Waals surface area contributed by atoms with Crippen molar-refractivity contribution in [2.24, 2.45) is 11.7 Å². The molecule has 0 spiro atoms. The molecule has 2 N–H and O–H groups in total. The lowest BCUT2D eigenvalue weighted by atomic mass is 9.89. The summed E-state index contributed by atoms with van der Waals surface area (Å²) < 4.78 is 10.9. The van der Waals surface area contributed by atoms with E-state index in [9.17, 15) is 4.79 Å². The highest BCUT2D eigenvalue weighted by atomic mass is 16.7. The van der Waals surface area contributed by atoms with Crippen LogP contribution in [-0.2, 0) is 23.2 Å². The topological polar surface area (TPSA) is 64.8 Å². The summed E-state index contributed by atoms with van der Waals surface area (Å²) >= 11 is 0. The van der Waals surface area contributed by atoms with Crippen molar-refractivity contribution in [1.29, 1.82) is 0 Å². The first kappa shape index (κ1) is 15.7. The number of hydrogen-bond acceptors (Lipinski definition) is 4. The van der Waals surface area contributed by atoms with Crippen LogP contribution in [-0.4, -0.2) is 30.7 Å². The minimum absolute atomic E-state index is 0.188. The maximum Gasteiger partial charge on any atom is 0.233 e. The fraction of sp³-hybridized carbons (Fsp3) is 0.381. The van der Waals surface area contributed by atoms with E-state index in [0.717, 1.165) is 36.4 Å². The first-order chi connectivity index (χ1) is 12.7. The maximum absolute atomic E-state index is 13.6. The van der Waals surface area contributed by atoms with Crippen molar-refractivity contribution in [1.82, 2.24) is 4.90 Å². The molecule has 2 aromatic carbocycles. The van der Waals surface area contributed by atoms with Gasteiger partial charge in [-0.1, -0.05) is 30.3 Å². The van der Waals surface area contributed by atoms with Gasteiger partial charge in [0.25, 0.3) is 0 Å². The first-order valence-corrected chi connectivity index (χ1v) is 9.19. The van der Waals surface area contributed by atoms with Crippen LogP contribution < -0.4 is 15.2 Å². The van der Waals surface area contributed by atoms with Gasteiger partial charge in [0.05, 0.1) is 5.41 Å². The molecular weight excluding hydrogens is 328 g/mol. The van der Waals surface area contributed by atoms with Gasteiger partial charge in [0.2, 0.25) is 12.7 Å². The third-order valence-electron chi connectivity index (χ3n) is 6.08. The molecule has 1 saturated carbocycles. The standard InChI is InChI=1S/C21H22N2O3/c22-11-17-10-21(17,16-5-6-18-19(9-16)26-13-25-18)20(24)23-8-7-14-3-1-2-4-15(14)12-23/h1-6,9,17H,7-8,10-13,22H2/t17-,21+/m0/s1. The molecule has 0 bridgehead atoms. The van der Waals surface area contributed by atoms with E-state index in [1.807, 2.05) is 29.2 Å². The largest absolute Gasteiger partial charge is 0.454 e. The molecule has 2 heterocycles. The molecule has 0 saturated heterocycles. The van der Waals surface area contributed by atoms with Crippen LogP contribution in [0.1, 0.15) is 23.1 Å². The van der Waals surface area contributed by atoms with Crippen LogP contribution in [0.2, 0.25) is 0 Å². The summed E-state index contributed by atoms with van der Waals surface area (Å²) in [6.45, 7) is 2.20. The molecule has 0 aromatic heterocycles. The lowest BCUT2D eigenvalue weighted by molar-refractivity contribution is -0.135. The molecular formula is C21H22N2O3. The molecule has 1 amide bonds. The van der Waals surface area contributed by atoms with Crippen LogP contribution in [0, 0.1) is 5.92 Å². The van der Waals surface area contributed by atoms with Crippen molar-refractivity contribution >= 4 is 5.91 Å². The average molecular weight is 350 g/mol. The zero-order valence-corrected chi connectivity index (χ0v) is 14.6. The molecule has 26 heavy (non-hydrogen) atoms. The fourth-order valence-corrected chi connectivity index (χ4v) is 4.48. The number of benzene rings is 2. The second kappa shape index (κ2) is 5.74. The Bertz CT molecular complexity index is 881. The molecule has 2 atom stereocenters. The minimum atomic E-state index is -0.512. The Hall–Kier alpha value is -2.53. The quantitative estimate of drug-likeness (QED) is 0.922. The number of hydrogen-bond donors (Lipinski definition) is 1. The molecule has 3 aliphatic rings. The van der Waals surface area contributed by atoms with Crippen molar-refractivity contribution in [3.63, 3.8) is 0 Å². The van der Waals surface area contributed by atoms with E-state index in [0.29, 0.717) is 13.1 Å². The number of rotatable bonds is 3. The number of amides is 1. The Morgan fingerprint density at radius 3 is 2.77 bits per heavy atom. The molecule has 5 heteroatoms. The predicted octanol–water partition coefficient (Wildman–Crippen LogP) is 2.22. The fourth-order valence-electron chi connectivity index (χ4n) is 4.48. The highest BCUT2D eigenvalue weighted by Crippen LogP contribution is 2.56. The molecule has 0 radical (unpaired) electrons. The molecule has 1 aliphatic carbocycles. The number of fused-ring (bicyclic) bond motifs is 2. The SMILES string of the molecule is NC[C@@H]1C[C@@]1(C(=O)N1CCc2ccccc2C1)c1ccc2c(c1)OCO2. The third-order valence-corrected chi connectivity index (χ3v) is 6.08. The summed E-state index contributed by atoms with van der Waals surface area (Å²) in [5.41, 5.74) is 9.06. The smallest absolute Gasteiger partial charge is 0.233 e. The number of carbonyl (C=O) groups excluding carboxylic acids is 1. The lowest BCUT2D eigenvalue weighted by Crippen LogP contribution is -2.43. The zero-order valence-electron chi connectivity index (χ0n) is 14.6. The number of nitrogens with zero attached hydrogens (tertiary/aromatic N) is 1. The van der Waals surface area contributed by atoms with Gasteiger partial charge in [-0.2, -0.15) is 0 Å². The van der Waals surface area contributed by atoms with Gasteiger partial charge in [-0.05, 0) is 54.1 Å². The van der Waals surface area contributed by atoms with Gasteiger partial charge >= 0.3 is 0 Å². The first-order valence-electron chi connectivity index (χ1n) is 9.19. The molecule has 2 aliphatic heterocycles. The zero-order chi connectivity index (χ0) is 17.7. The van der Waals surface area contributed by atoms with Gasteiger partial charge in [0.1, 0.15) is 0 Å².